The first-order valence-electron chi connectivity index (χ1n) is 3.22. The molecule has 0 aliphatic heterocycles. The summed E-state index contributed by atoms with van der Waals surface area (Å²) in [6.45, 7) is 0. The zero-order chi connectivity index (χ0) is 17.9. The van der Waals surface area contributed by atoms with Crippen molar-refractivity contribution in [3.05, 3.63) is 0 Å². The van der Waals surface area contributed by atoms with Gasteiger partial charge in [-0.1, -0.05) is 0 Å². The van der Waals surface area contributed by atoms with Gasteiger partial charge in [-0.3, -0.25) is 0 Å². The summed E-state index contributed by atoms with van der Waals surface area (Å²) in [4.78, 5) is 42.6. The third kappa shape index (κ3) is 4790. The van der Waals surface area contributed by atoms with Crippen molar-refractivity contribution in [2.75, 3.05) is 0 Å². The van der Waals surface area contributed by atoms with E-state index in [0.717, 1.165) is 0 Å². The molecule has 0 bridgehead atoms. The molecule has 131 valence electrons. The summed E-state index contributed by atoms with van der Waals surface area (Å²) in [5.74, 6) is 0. The molecule has 0 fully saturated rings. The fraction of sp³-hybridized carbons (Fsp3) is 0. The van der Waals surface area contributed by atoms with Crippen LogP contribution < -0.4 is 10.2 Å². The average molecular weight is 505 g/mol. The molecule has 0 aliphatic rings. The molecule has 0 heterocycles. The second-order valence-electron chi connectivity index (χ2n) is 1.38. The number of rotatable bonds is 0. The first-order valence-corrected chi connectivity index (χ1v) is 3.22. The largest absolute Gasteiger partial charge is 2.00 e. The summed E-state index contributed by atoms with van der Waals surface area (Å²) >= 11 is 0. The van der Waals surface area contributed by atoms with E-state index < -0.39 is 30.8 Å². The van der Waals surface area contributed by atoms with Gasteiger partial charge in [0.15, 0.2) is 0 Å². The molecule has 0 aromatic rings. The van der Waals surface area contributed by atoms with E-state index >= 15 is 0 Å². The Balaban J connectivity index is -0.0000000197. The summed E-state index contributed by atoms with van der Waals surface area (Å²) < 4.78 is 0. The van der Waals surface area contributed by atoms with Gasteiger partial charge in [-0.05, 0) is 0 Å². The summed E-state index contributed by atoms with van der Waals surface area (Å²) in [6, 6.07) is 0. The Morgan fingerprint density at radius 1 is 0.522 bits per heavy atom. The van der Waals surface area contributed by atoms with Gasteiger partial charge in [0.2, 0.25) is 12.3 Å². The van der Waals surface area contributed by atoms with Crippen LogP contribution in [0.15, 0.2) is 0 Å². The molecule has 0 atom stereocenters. The minimum Gasteiger partial charge on any atom is -0.565 e. The Morgan fingerprint density at radius 2 is 0.522 bits per heavy atom. The third-order valence-corrected chi connectivity index (χ3v) is 0. The van der Waals surface area contributed by atoms with E-state index in [1.165, 1.54) is 0 Å². The molecule has 0 saturated heterocycles. The maximum absolute atomic E-state index is 8.56. The van der Waals surface area contributed by atoms with E-state index in [9.17, 15) is 0 Å². The molecule has 18 heteroatoms. The SMILES string of the molecule is O.O=C(O)O.O=C(O)O.O=C(O)O.O=C([O-])O.O=C([O-])O.[Ca+2].[La]. The zero-order valence-corrected chi connectivity index (χ0v) is 16.6. The number of carboxylic acid groups (broad SMARTS) is 10. The van der Waals surface area contributed by atoms with Crippen molar-refractivity contribution in [3.63, 3.8) is 0 Å². The van der Waals surface area contributed by atoms with Crippen molar-refractivity contribution in [1.82, 2.24) is 0 Å². The van der Waals surface area contributed by atoms with Gasteiger partial charge in [0.1, 0.15) is 0 Å². The van der Waals surface area contributed by atoms with Crippen LogP contribution in [0.3, 0.4) is 0 Å². The molecule has 0 amide bonds. The van der Waals surface area contributed by atoms with E-state index in [2.05, 4.69) is 0 Å². The fourth-order valence-electron chi connectivity index (χ4n) is 0. The molecule has 10 N–H and O–H groups in total. The molecule has 0 unspecified atom stereocenters. The maximum atomic E-state index is 8.56. The van der Waals surface area contributed by atoms with Crippen LogP contribution in [0.5, 0.6) is 0 Å². The zero-order valence-electron chi connectivity index (χ0n) is 10.7. The fourth-order valence-corrected chi connectivity index (χ4v) is 0. The van der Waals surface area contributed by atoms with Gasteiger partial charge in [-0.2, -0.15) is 0 Å². The van der Waals surface area contributed by atoms with Crippen LogP contribution in [0, 0.1) is 35.6 Å². The molecule has 0 saturated carbocycles. The minimum atomic E-state index is -2.08. The Bertz CT molecular complexity index is 213. The molecule has 1 radical (unpaired) electrons. The van der Waals surface area contributed by atoms with Crippen LogP contribution in [0.1, 0.15) is 0 Å². The Labute approximate surface area is 183 Å². The monoisotopic (exact) mass is 505 g/mol. The standard InChI is InChI=1S/5CH2O3.Ca.La.H2O/c5*2-1(3)4;;;/h5*(H2,2,3,4);;;1H2/q;;;;;+2;;/p-2. The van der Waals surface area contributed by atoms with E-state index in [-0.39, 0.29) is 78.8 Å². The minimum absolute atomic E-state index is 0. The summed E-state index contributed by atoms with van der Waals surface area (Å²) in [6.07, 6.45) is -9.67. The molecule has 0 aromatic heterocycles. The van der Waals surface area contributed by atoms with Gasteiger partial charge in [-0.25, -0.2) is 14.4 Å². The van der Waals surface area contributed by atoms with Crippen molar-refractivity contribution < 1.29 is 116 Å². The van der Waals surface area contributed by atoms with Gasteiger partial charge < -0.3 is 66.1 Å². The summed E-state index contributed by atoms with van der Waals surface area (Å²) in [5.41, 5.74) is 0. The van der Waals surface area contributed by atoms with E-state index in [1.54, 1.807) is 0 Å². The summed E-state index contributed by atoms with van der Waals surface area (Å²) in [5, 5.41) is 72.4. The first-order chi connectivity index (χ1) is 8.66. The number of hydrogen-bond acceptors (Lipinski definition) is 7. The van der Waals surface area contributed by atoms with Crippen LogP contribution in [-0.2, 0) is 0 Å². The predicted molar refractivity (Wildman–Crippen MR) is 57.4 cm³/mol. The third-order valence-electron chi connectivity index (χ3n) is 0. The van der Waals surface area contributed by atoms with Gasteiger partial charge in [-0.15, -0.1) is 0 Å². The Morgan fingerprint density at radius 3 is 0.522 bits per heavy atom. The Kier molecular flexibility index (Phi) is 92.2. The molecule has 0 spiro atoms. The molecular formula is C5H10CaLaO16. The summed E-state index contributed by atoms with van der Waals surface area (Å²) in [7, 11) is 0. The topological polar surface area (TPSA) is 325 Å². The van der Waals surface area contributed by atoms with E-state index in [0.29, 0.717) is 0 Å². The molecule has 0 aliphatic carbocycles. The van der Waals surface area contributed by atoms with Gasteiger partial charge in [0.25, 0.3) is 0 Å². The van der Waals surface area contributed by atoms with Crippen LogP contribution >= 0.6 is 0 Å². The number of carbonyl (C=O) groups is 5. The first kappa shape index (κ1) is 49.5. The number of hydrogen-bond donors (Lipinski definition) is 8. The van der Waals surface area contributed by atoms with E-state index in [4.69, 9.17) is 75.0 Å². The second-order valence-corrected chi connectivity index (χ2v) is 1.38. The molecule has 16 nitrogen and oxygen atoms in total. The van der Waals surface area contributed by atoms with Crippen molar-refractivity contribution in [2.24, 2.45) is 0 Å². The van der Waals surface area contributed by atoms with Gasteiger partial charge >= 0.3 is 56.2 Å². The normalized spacial score (nSPS) is 5.22. The molecule has 0 aromatic carbocycles. The van der Waals surface area contributed by atoms with Gasteiger partial charge in [0, 0.05) is 35.6 Å². The van der Waals surface area contributed by atoms with Gasteiger partial charge in [0.05, 0.1) is 0 Å². The van der Waals surface area contributed by atoms with Crippen LogP contribution in [0.4, 0.5) is 24.0 Å². The average Bonchev–Trinajstić information content (AvgIpc) is 1.94. The van der Waals surface area contributed by atoms with Crippen molar-refractivity contribution in [3.8, 4) is 0 Å². The van der Waals surface area contributed by atoms with Crippen LogP contribution in [0.2, 0.25) is 0 Å². The van der Waals surface area contributed by atoms with Crippen molar-refractivity contribution >= 4 is 68.5 Å². The van der Waals surface area contributed by atoms with Crippen LogP contribution in [0.25, 0.3) is 0 Å². The molecule has 23 heavy (non-hydrogen) atoms. The molecule has 0 rings (SSSR count). The van der Waals surface area contributed by atoms with Crippen molar-refractivity contribution in [2.45, 2.75) is 0 Å². The van der Waals surface area contributed by atoms with E-state index in [1.807, 2.05) is 0 Å². The second kappa shape index (κ2) is 42.8. The Hall–Kier alpha value is -1.24. The van der Waals surface area contributed by atoms with Crippen molar-refractivity contribution in [1.29, 1.82) is 0 Å². The van der Waals surface area contributed by atoms with Crippen LogP contribution in [-0.4, -0.2) is 115 Å². The quantitative estimate of drug-likeness (QED) is 0.155. The smallest absolute Gasteiger partial charge is 0.565 e. The predicted octanol–water partition coefficient (Wildman–Crippen LogP) is -2.76. The maximum Gasteiger partial charge on any atom is 2.00 e. The molecular weight excluding hydrogens is 495 g/mol.